The van der Waals surface area contributed by atoms with Gasteiger partial charge in [-0.25, -0.2) is 4.79 Å². The van der Waals surface area contributed by atoms with Gasteiger partial charge in [0.15, 0.2) is 0 Å². The van der Waals surface area contributed by atoms with Crippen molar-refractivity contribution in [2.24, 2.45) is 5.41 Å². The van der Waals surface area contributed by atoms with Crippen LogP contribution < -0.4 is 5.32 Å². The number of halogens is 1. The molecule has 1 aliphatic heterocycles. The van der Waals surface area contributed by atoms with E-state index >= 15 is 0 Å². The van der Waals surface area contributed by atoms with Crippen LogP contribution in [-0.2, 0) is 4.74 Å². The molecule has 0 aromatic heterocycles. The predicted octanol–water partition coefficient (Wildman–Crippen LogP) is 3.84. The molecule has 0 bridgehead atoms. The van der Waals surface area contributed by atoms with Gasteiger partial charge in [0.25, 0.3) is 0 Å². The maximum absolute atomic E-state index is 11.5. The minimum atomic E-state index is -0.321. The Morgan fingerprint density at radius 3 is 2.26 bits per heavy atom. The van der Waals surface area contributed by atoms with Crippen LogP contribution >= 0.6 is 12.4 Å². The summed E-state index contributed by atoms with van der Waals surface area (Å²) in [6.45, 7) is 11.0. The first kappa shape index (κ1) is 15.8. The van der Waals surface area contributed by atoms with E-state index in [4.69, 9.17) is 4.74 Å². The Bertz CT molecular complexity index is 474. The predicted molar refractivity (Wildman–Crippen MR) is 78.9 cm³/mol. The van der Waals surface area contributed by atoms with Crippen molar-refractivity contribution >= 4 is 18.5 Å². The number of benzene rings is 1. The molecule has 106 valence electrons. The molecule has 1 heterocycles. The van der Waals surface area contributed by atoms with Crippen molar-refractivity contribution in [2.75, 3.05) is 6.61 Å². The molecule has 1 N–H and O–H groups in total. The Hall–Kier alpha value is -1.22. The summed E-state index contributed by atoms with van der Waals surface area (Å²) in [5.41, 5.74) is 4.84. The van der Waals surface area contributed by atoms with Crippen LogP contribution in [0, 0.1) is 26.2 Å². The van der Waals surface area contributed by atoms with Crippen molar-refractivity contribution in [1.82, 2.24) is 5.32 Å². The van der Waals surface area contributed by atoms with Gasteiger partial charge < -0.3 is 10.1 Å². The van der Waals surface area contributed by atoms with Crippen LogP contribution in [0.15, 0.2) is 12.1 Å². The molecule has 19 heavy (non-hydrogen) atoms. The third-order valence-electron chi connectivity index (χ3n) is 3.65. The van der Waals surface area contributed by atoms with Gasteiger partial charge in [0.1, 0.15) is 6.61 Å². The molecule has 0 aliphatic carbocycles. The molecule has 1 aromatic rings. The normalized spacial score (nSPS) is 21.1. The summed E-state index contributed by atoms with van der Waals surface area (Å²) < 4.78 is 5.10. The number of carbonyl (C=O) groups excluding carboxylic acids is 1. The molecule has 1 fully saturated rings. The van der Waals surface area contributed by atoms with Gasteiger partial charge in [0.2, 0.25) is 0 Å². The van der Waals surface area contributed by atoms with Gasteiger partial charge in [0, 0.05) is 5.41 Å². The average Bonchev–Trinajstić information content (AvgIpc) is 2.22. The summed E-state index contributed by atoms with van der Waals surface area (Å²) in [6, 6.07) is 4.35. The van der Waals surface area contributed by atoms with Crippen molar-refractivity contribution < 1.29 is 9.53 Å². The number of hydrogen-bond donors (Lipinski definition) is 1. The fraction of sp³-hybridized carbons (Fsp3) is 0.533. The van der Waals surface area contributed by atoms with Crippen molar-refractivity contribution in [3.05, 3.63) is 34.4 Å². The van der Waals surface area contributed by atoms with Crippen LogP contribution in [0.2, 0.25) is 0 Å². The van der Waals surface area contributed by atoms with Gasteiger partial charge in [-0.05, 0) is 37.5 Å². The maximum Gasteiger partial charge on any atom is 0.407 e. The van der Waals surface area contributed by atoms with Crippen LogP contribution in [0.25, 0.3) is 0 Å². The second-order valence-corrected chi connectivity index (χ2v) is 5.95. The van der Waals surface area contributed by atoms with E-state index in [0.29, 0.717) is 6.61 Å². The second kappa shape index (κ2) is 5.41. The lowest BCUT2D eigenvalue weighted by atomic mass is 9.77. The first-order valence-electron chi connectivity index (χ1n) is 6.32. The van der Waals surface area contributed by atoms with E-state index in [1.54, 1.807) is 0 Å². The van der Waals surface area contributed by atoms with Gasteiger partial charge in [-0.2, -0.15) is 0 Å². The Morgan fingerprint density at radius 1 is 1.21 bits per heavy atom. The third-order valence-corrected chi connectivity index (χ3v) is 3.65. The van der Waals surface area contributed by atoms with Gasteiger partial charge >= 0.3 is 6.09 Å². The zero-order valence-electron chi connectivity index (χ0n) is 12.2. The van der Waals surface area contributed by atoms with Gasteiger partial charge in [-0.3, -0.25) is 0 Å². The summed E-state index contributed by atoms with van der Waals surface area (Å²) in [4.78, 5) is 11.5. The van der Waals surface area contributed by atoms with Gasteiger partial charge in [-0.15, -0.1) is 12.4 Å². The van der Waals surface area contributed by atoms with Gasteiger partial charge in [-0.1, -0.05) is 31.5 Å². The second-order valence-electron chi connectivity index (χ2n) is 5.95. The fourth-order valence-corrected chi connectivity index (χ4v) is 2.80. The highest BCUT2D eigenvalue weighted by Gasteiger charge is 2.39. The van der Waals surface area contributed by atoms with E-state index in [1.165, 1.54) is 22.3 Å². The van der Waals surface area contributed by atoms with Gasteiger partial charge in [0.05, 0.1) is 6.04 Å². The van der Waals surface area contributed by atoms with E-state index in [0.717, 1.165) is 0 Å². The lowest BCUT2D eigenvalue weighted by molar-refractivity contribution is 0.0384. The molecule has 0 saturated carbocycles. The number of cyclic esters (lactones) is 1. The summed E-state index contributed by atoms with van der Waals surface area (Å²) in [6.07, 6.45) is -0.321. The molecule has 2 rings (SSSR count). The summed E-state index contributed by atoms with van der Waals surface area (Å²) in [5, 5.41) is 2.96. The fourth-order valence-electron chi connectivity index (χ4n) is 2.80. The molecule has 3 nitrogen and oxygen atoms in total. The monoisotopic (exact) mass is 283 g/mol. The van der Waals surface area contributed by atoms with Crippen molar-refractivity contribution in [3.63, 3.8) is 0 Å². The minimum absolute atomic E-state index is 0. The molecule has 1 amide bonds. The number of carbonyl (C=O) groups is 1. The zero-order chi connectivity index (χ0) is 13.5. The number of aryl methyl sites for hydroxylation is 3. The first-order valence-corrected chi connectivity index (χ1v) is 6.32. The number of alkyl carbamates (subject to hydrolysis) is 1. The lowest BCUT2D eigenvalue weighted by Crippen LogP contribution is -2.47. The SMILES string of the molecule is Cc1cc(C)c([C@@H]2NC(=O)OCC2(C)C)c(C)c1.Cl. The Balaban J connectivity index is 0.00000180. The minimum Gasteiger partial charge on any atom is -0.449 e. The van der Waals surface area contributed by atoms with E-state index in [2.05, 4.69) is 52.1 Å². The average molecular weight is 284 g/mol. The lowest BCUT2D eigenvalue weighted by Gasteiger charge is -2.40. The van der Waals surface area contributed by atoms with Crippen LogP contribution in [0.5, 0.6) is 0 Å². The van der Waals surface area contributed by atoms with Crippen molar-refractivity contribution in [2.45, 2.75) is 40.7 Å². The molecule has 0 radical (unpaired) electrons. The molecule has 1 atom stereocenters. The summed E-state index contributed by atoms with van der Waals surface area (Å²) in [7, 11) is 0. The maximum atomic E-state index is 11.5. The van der Waals surface area contributed by atoms with Crippen LogP contribution in [0.1, 0.15) is 42.1 Å². The Labute approximate surface area is 121 Å². The highest BCUT2D eigenvalue weighted by atomic mass is 35.5. The van der Waals surface area contributed by atoms with Crippen molar-refractivity contribution in [3.8, 4) is 0 Å². The topological polar surface area (TPSA) is 38.3 Å². The van der Waals surface area contributed by atoms with E-state index in [-0.39, 0.29) is 30.0 Å². The van der Waals surface area contributed by atoms with Crippen LogP contribution in [-0.4, -0.2) is 12.7 Å². The first-order chi connectivity index (χ1) is 8.31. The summed E-state index contributed by atoms with van der Waals surface area (Å²) >= 11 is 0. The van der Waals surface area contributed by atoms with Crippen molar-refractivity contribution in [1.29, 1.82) is 0 Å². The highest BCUT2D eigenvalue weighted by molar-refractivity contribution is 5.85. The largest absolute Gasteiger partial charge is 0.449 e. The molecule has 4 heteroatoms. The molecular weight excluding hydrogens is 262 g/mol. The summed E-state index contributed by atoms with van der Waals surface area (Å²) in [5.74, 6) is 0. The zero-order valence-corrected chi connectivity index (χ0v) is 13.0. The molecular formula is C15H22ClNO2. The van der Waals surface area contributed by atoms with E-state index in [9.17, 15) is 4.79 Å². The standard InChI is InChI=1S/C15H21NO2.ClH/c1-9-6-10(2)12(11(3)7-9)13-15(4,5)8-18-14(17)16-13;/h6-7,13H,8H2,1-5H3,(H,16,17);1H/t13-;/m0./s1. The molecule has 1 saturated heterocycles. The number of amides is 1. The molecule has 1 aliphatic rings. The number of ether oxygens (including phenoxy) is 1. The van der Waals surface area contributed by atoms with E-state index < -0.39 is 0 Å². The smallest absolute Gasteiger partial charge is 0.407 e. The third kappa shape index (κ3) is 3.03. The molecule has 0 unspecified atom stereocenters. The van der Waals surface area contributed by atoms with Crippen LogP contribution in [0.4, 0.5) is 4.79 Å². The Morgan fingerprint density at radius 2 is 1.74 bits per heavy atom. The number of hydrogen-bond acceptors (Lipinski definition) is 2. The van der Waals surface area contributed by atoms with E-state index in [1.807, 2.05) is 0 Å². The molecule has 0 spiro atoms. The highest BCUT2D eigenvalue weighted by Crippen LogP contribution is 2.39. The Kier molecular flexibility index (Phi) is 4.51. The van der Waals surface area contributed by atoms with Crippen LogP contribution in [0.3, 0.4) is 0 Å². The molecule has 1 aromatic carbocycles. The number of nitrogens with one attached hydrogen (secondary N) is 1. The quantitative estimate of drug-likeness (QED) is 0.850. The number of rotatable bonds is 1.